The summed E-state index contributed by atoms with van der Waals surface area (Å²) in [6.45, 7) is 5.94. The van der Waals surface area contributed by atoms with Gasteiger partial charge in [0.15, 0.2) is 0 Å². The molecule has 2 rings (SSSR count). The van der Waals surface area contributed by atoms with Crippen LogP contribution in [0.3, 0.4) is 0 Å². The second-order valence-corrected chi connectivity index (χ2v) is 5.37. The first-order valence-electron chi connectivity index (χ1n) is 6.12. The third-order valence-electron chi connectivity index (χ3n) is 3.15. The van der Waals surface area contributed by atoms with Gasteiger partial charge in [-0.15, -0.1) is 0 Å². The average molecular weight is 324 g/mol. The lowest BCUT2D eigenvalue weighted by Gasteiger charge is -2.17. The van der Waals surface area contributed by atoms with Crippen LogP contribution in [0.15, 0.2) is 22.7 Å². The Labute approximate surface area is 121 Å². The van der Waals surface area contributed by atoms with Gasteiger partial charge in [-0.1, -0.05) is 6.07 Å². The van der Waals surface area contributed by atoms with Crippen molar-refractivity contribution in [3.8, 4) is 11.4 Å². The predicted molar refractivity (Wildman–Crippen MR) is 79.9 cm³/mol. The van der Waals surface area contributed by atoms with E-state index in [4.69, 9.17) is 10.5 Å². The summed E-state index contributed by atoms with van der Waals surface area (Å²) in [5.41, 5.74) is 10.0. The fourth-order valence-corrected chi connectivity index (χ4v) is 2.46. The van der Waals surface area contributed by atoms with Crippen LogP contribution < -0.4 is 10.5 Å². The van der Waals surface area contributed by atoms with E-state index in [0.29, 0.717) is 0 Å². The van der Waals surface area contributed by atoms with Gasteiger partial charge in [0.2, 0.25) is 0 Å². The molecule has 0 unspecified atom stereocenters. The molecule has 102 valence electrons. The Kier molecular flexibility index (Phi) is 3.96. The van der Waals surface area contributed by atoms with Crippen molar-refractivity contribution in [2.75, 3.05) is 7.11 Å². The van der Waals surface area contributed by atoms with E-state index in [-0.39, 0.29) is 6.04 Å². The SMILES string of the molecule is COc1cccc(-n2nc(C)c(Br)c2C)c1[C@H](C)N. The van der Waals surface area contributed by atoms with Gasteiger partial charge in [-0.2, -0.15) is 5.10 Å². The number of halogens is 1. The van der Waals surface area contributed by atoms with Crippen molar-refractivity contribution in [2.45, 2.75) is 26.8 Å². The number of methoxy groups -OCH3 is 1. The second-order valence-electron chi connectivity index (χ2n) is 4.58. The third kappa shape index (κ3) is 2.40. The first-order chi connectivity index (χ1) is 8.97. The summed E-state index contributed by atoms with van der Waals surface area (Å²) in [4.78, 5) is 0. The van der Waals surface area contributed by atoms with Crippen LogP contribution >= 0.6 is 15.9 Å². The summed E-state index contributed by atoms with van der Waals surface area (Å²) >= 11 is 3.55. The Balaban J connectivity index is 2.71. The molecule has 0 amide bonds. The summed E-state index contributed by atoms with van der Waals surface area (Å²) in [7, 11) is 1.65. The molecule has 0 aliphatic heterocycles. The van der Waals surface area contributed by atoms with Crippen LogP contribution in [0.2, 0.25) is 0 Å². The van der Waals surface area contributed by atoms with Gasteiger partial charge in [0.1, 0.15) is 5.75 Å². The van der Waals surface area contributed by atoms with Crippen molar-refractivity contribution in [2.24, 2.45) is 5.73 Å². The molecule has 2 aromatic rings. The van der Waals surface area contributed by atoms with Crippen LogP contribution in [-0.2, 0) is 0 Å². The van der Waals surface area contributed by atoms with E-state index in [1.54, 1.807) is 7.11 Å². The number of rotatable bonds is 3. The van der Waals surface area contributed by atoms with Crippen LogP contribution in [0.25, 0.3) is 5.69 Å². The smallest absolute Gasteiger partial charge is 0.125 e. The largest absolute Gasteiger partial charge is 0.496 e. The van der Waals surface area contributed by atoms with E-state index in [2.05, 4.69) is 21.0 Å². The second kappa shape index (κ2) is 5.35. The minimum Gasteiger partial charge on any atom is -0.496 e. The van der Waals surface area contributed by atoms with Gasteiger partial charge in [0.05, 0.1) is 28.7 Å². The zero-order valence-corrected chi connectivity index (χ0v) is 13.2. The van der Waals surface area contributed by atoms with E-state index in [1.165, 1.54) is 0 Å². The maximum absolute atomic E-state index is 6.09. The zero-order valence-electron chi connectivity index (χ0n) is 11.6. The predicted octanol–water partition coefficient (Wildman–Crippen LogP) is 3.28. The number of aromatic nitrogens is 2. The van der Waals surface area contributed by atoms with Crippen LogP contribution in [0, 0.1) is 13.8 Å². The molecule has 1 aromatic heterocycles. The topological polar surface area (TPSA) is 53.1 Å². The van der Waals surface area contributed by atoms with Gasteiger partial charge in [0.25, 0.3) is 0 Å². The summed E-state index contributed by atoms with van der Waals surface area (Å²) < 4.78 is 8.34. The highest BCUT2D eigenvalue weighted by molar-refractivity contribution is 9.10. The quantitative estimate of drug-likeness (QED) is 0.943. The van der Waals surface area contributed by atoms with Crippen molar-refractivity contribution >= 4 is 15.9 Å². The Hall–Kier alpha value is -1.33. The number of hydrogen-bond acceptors (Lipinski definition) is 3. The highest BCUT2D eigenvalue weighted by Crippen LogP contribution is 2.32. The van der Waals surface area contributed by atoms with Crippen LogP contribution in [0.1, 0.15) is 29.9 Å². The zero-order chi connectivity index (χ0) is 14.2. The van der Waals surface area contributed by atoms with Crippen molar-refractivity contribution < 1.29 is 4.74 Å². The lowest BCUT2D eigenvalue weighted by Crippen LogP contribution is -2.13. The Morgan fingerprint density at radius 3 is 2.53 bits per heavy atom. The number of benzene rings is 1. The van der Waals surface area contributed by atoms with Gasteiger partial charge >= 0.3 is 0 Å². The number of hydrogen-bond donors (Lipinski definition) is 1. The van der Waals surface area contributed by atoms with Crippen molar-refractivity contribution in [3.05, 3.63) is 39.6 Å². The molecule has 1 aromatic carbocycles. The normalized spacial score (nSPS) is 12.5. The van der Waals surface area contributed by atoms with E-state index >= 15 is 0 Å². The molecule has 0 fully saturated rings. The maximum Gasteiger partial charge on any atom is 0.125 e. The Bertz CT molecular complexity index is 605. The highest BCUT2D eigenvalue weighted by Gasteiger charge is 2.18. The molecule has 0 spiro atoms. The molecule has 5 heteroatoms. The van der Waals surface area contributed by atoms with Gasteiger partial charge in [-0.25, -0.2) is 4.68 Å². The van der Waals surface area contributed by atoms with Crippen molar-refractivity contribution in [1.82, 2.24) is 9.78 Å². The van der Waals surface area contributed by atoms with Crippen molar-refractivity contribution in [1.29, 1.82) is 0 Å². The van der Waals surface area contributed by atoms with E-state index in [0.717, 1.165) is 32.9 Å². The fourth-order valence-electron chi connectivity index (χ4n) is 2.21. The molecule has 2 N–H and O–H groups in total. The van der Waals surface area contributed by atoms with Gasteiger partial charge in [-0.3, -0.25) is 0 Å². The van der Waals surface area contributed by atoms with Gasteiger partial charge < -0.3 is 10.5 Å². The summed E-state index contributed by atoms with van der Waals surface area (Å²) in [5, 5.41) is 4.56. The molecular formula is C14H18BrN3O. The molecule has 19 heavy (non-hydrogen) atoms. The molecular weight excluding hydrogens is 306 g/mol. The van der Waals surface area contributed by atoms with E-state index in [1.807, 2.05) is 43.7 Å². The molecule has 0 bridgehead atoms. The Morgan fingerprint density at radius 1 is 1.37 bits per heavy atom. The molecule has 0 saturated carbocycles. The Morgan fingerprint density at radius 2 is 2.05 bits per heavy atom. The van der Waals surface area contributed by atoms with Gasteiger partial charge in [-0.05, 0) is 48.8 Å². The average Bonchev–Trinajstić information content (AvgIpc) is 2.65. The number of ether oxygens (including phenoxy) is 1. The van der Waals surface area contributed by atoms with E-state index < -0.39 is 0 Å². The number of nitrogens with two attached hydrogens (primary N) is 1. The highest BCUT2D eigenvalue weighted by atomic mass is 79.9. The van der Waals surface area contributed by atoms with Gasteiger partial charge in [0, 0.05) is 11.6 Å². The molecule has 0 aliphatic rings. The minimum absolute atomic E-state index is 0.131. The minimum atomic E-state index is -0.131. The van der Waals surface area contributed by atoms with Crippen LogP contribution in [-0.4, -0.2) is 16.9 Å². The lowest BCUT2D eigenvalue weighted by atomic mass is 10.1. The fraction of sp³-hybridized carbons (Fsp3) is 0.357. The first-order valence-corrected chi connectivity index (χ1v) is 6.91. The summed E-state index contributed by atoms with van der Waals surface area (Å²) in [6.07, 6.45) is 0. The van der Waals surface area contributed by atoms with Crippen LogP contribution in [0.4, 0.5) is 0 Å². The molecule has 0 aliphatic carbocycles. The summed E-state index contributed by atoms with van der Waals surface area (Å²) in [6, 6.07) is 5.74. The molecule has 0 saturated heterocycles. The van der Waals surface area contributed by atoms with Crippen LogP contribution in [0.5, 0.6) is 5.75 Å². The standard InChI is InChI=1S/C14H18BrN3O/c1-8(16)13-11(6-5-7-12(13)19-4)18-10(3)14(15)9(2)17-18/h5-8H,16H2,1-4H3/t8-/m0/s1. The van der Waals surface area contributed by atoms with E-state index in [9.17, 15) is 0 Å². The third-order valence-corrected chi connectivity index (χ3v) is 4.30. The molecule has 1 heterocycles. The van der Waals surface area contributed by atoms with Crippen molar-refractivity contribution in [3.63, 3.8) is 0 Å². The number of aryl methyl sites for hydroxylation is 1. The lowest BCUT2D eigenvalue weighted by molar-refractivity contribution is 0.406. The number of nitrogens with zero attached hydrogens (tertiary/aromatic N) is 2. The first kappa shape index (κ1) is 14.1. The summed E-state index contributed by atoms with van der Waals surface area (Å²) in [5.74, 6) is 0.788. The molecule has 0 radical (unpaired) electrons. The molecule has 1 atom stereocenters. The molecule has 4 nitrogen and oxygen atoms in total. The monoisotopic (exact) mass is 323 g/mol. The maximum atomic E-state index is 6.09.